The Hall–Kier alpha value is -3.08. The Kier molecular flexibility index (Phi) is 5.37. The van der Waals surface area contributed by atoms with Gasteiger partial charge in [-0.15, -0.1) is 0 Å². The van der Waals surface area contributed by atoms with E-state index in [9.17, 15) is 18.0 Å². The smallest absolute Gasteiger partial charge is 0.417 e. The lowest BCUT2D eigenvalue weighted by Gasteiger charge is -2.39. The van der Waals surface area contributed by atoms with Crippen molar-refractivity contribution < 1.29 is 22.7 Å². The van der Waals surface area contributed by atoms with Crippen molar-refractivity contribution in [3.63, 3.8) is 0 Å². The molecular weight excluding hydrogens is 395 g/mol. The third-order valence-electron chi connectivity index (χ3n) is 5.83. The number of rotatable bonds is 3. The van der Waals surface area contributed by atoms with Crippen LogP contribution < -0.4 is 4.74 Å². The van der Waals surface area contributed by atoms with Crippen LogP contribution >= 0.6 is 0 Å². The van der Waals surface area contributed by atoms with Gasteiger partial charge >= 0.3 is 6.18 Å². The SMILES string of the molecule is N#Cc1ccc(O[C@H]2CC[C@H](N3CCc4ccncc4C3=O)CC2)cc1C(F)(F)F. The summed E-state index contributed by atoms with van der Waals surface area (Å²) in [6.07, 6.45) is 2.03. The first-order valence-electron chi connectivity index (χ1n) is 9.88. The van der Waals surface area contributed by atoms with Crippen LogP contribution in [0.25, 0.3) is 0 Å². The molecule has 4 rings (SSSR count). The number of fused-ring (bicyclic) bond motifs is 1. The number of nitriles is 1. The van der Waals surface area contributed by atoms with Crippen molar-refractivity contribution in [1.29, 1.82) is 5.26 Å². The number of alkyl halides is 3. The fourth-order valence-corrected chi connectivity index (χ4v) is 4.28. The first-order chi connectivity index (χ1) is 14.4. The van der Waals surface area contributed by atoms with Crippen molar-refractivity contribution in [3.8, 4) is 11.8 Å². The van der Waals surface area contributed by atoms with Gasteiger partial charge in [0.25, 0.3) is 5.91 Å². The number of nitrogens with zero attached hydrogens (tertiary/aromatic N) is 3. The highest BCUT2D eigenvalue weighted by molar-refractivity contribution is 5.96. The summed E-state index contributed by atoms with van der Waals surface area (Å²) < 4.78 is 45.2. The van der Waals surface area contributed by atoms with Crippen molar-refractivity contribution in [2.24, 2.45) is 0 Å². The Morgan fingerprint density at radius 3 is 2.63 bits per heavy atom. The van der Waals surface area contributed by atoms with E-state index in [2.05, 4.69) is 4.98 Å². The van der Waals surface area contributed by atoms with Crippen LogP contribution in [-0.4, -0.2) is 34.5 Å². The Morgan fingerprint density at radius 1 is 1.17 bits per heavy atom. The summed E-state index contributed by atoms with van der Waals surface area (Å²) in [4.78, 5) is 18.8. The second-order valence-electron chi connectivity index (χ2n) is 7.65. The monoisotopic (exact) mass is 415 g/mol. The maximum atomic E-state index is 13.1. The van der Waals surface area contributed by atoms with E-state index < -0.39 is 17.3 Å². The molecule has 0 saturated heterocycles. The van der Waals surface area contributed by atoms with E-state index in [0.717, 1.165) is 37.0 Å². The average Bonchev–Trinajstić information content (AvgIpc) is 2.74. The Bertz CT molecular complexity index is 992. The summed E-state index contributed by atoms with van der Waals surface area (Å²) in [7, 11) is 0. The Labute approximate surface area is 172 Å². The molecule has 30 heavy (non-hydrogen) atoms. The normalized spacial score (nSPS) is 21.7. The highest BCUT2D eigenvalue weighted by atomic mass is 19.4. The van der Waals surface area contributed by atoms with Gasteiger partial charge in [0.05, 0.1) is 28.9 Å². The molecule has 1 fully saturated rings. The molecule has 1 aliphatic heterocycles. The molecule has 1 amide bonds. The second-order valence-corrected chi connectivity index (χ2v) is 7.65. The summed E-state index contributed by atoms with van der Waals surface area (Å²) in [6.45, 7) is 0.663. The van der Waals surface area contributed by atoms with E-state index in [1.54, 1.807) is 18.5 Å². The van der Waals surface area contributed by atoms with Gasteiger partial charge in [0, 0.05) is 25.0 Å². The summed E-state index contributed by atoms with van der Waals surface area (Å²) in [5.41, 5.74) is 0.267. The summed E-state index contributed by atoms with van der Waals surface area (Å²) in [5, 5.41) is 8.90. The number of carbonyl (C=O) groups excluding carboxylic acids is 1. The number of ether oxygens (including phenoxy) is 1. The zero-order valence-corrected chi connectivity index (χ0v) is 16.2. The number of hydrogen-bond donors (Lipinski definition) is 0. The maximum absolute atomic E-state index is 13.1. The van der Waals surface area contributed by atoms with Gasteiger partial charge < -0.3 is 9.64 Å². The standard InChI is InChI=1S/C22H20F3N3O2/c23-22(24,25)20-11-18(4-1-15(20)12-26)30-17-5-2-16(3-6-17)28-10-8-14-7-9-27-13-19(14)21(28)29/h1,4,7,9,11,13,16-17H,2-3,5-6,8,10H2/t16-,17-. The van der Waals surface area contributed by atoms with Crippen molar-refractivity contribution in [2.45, 2.75) is 50.4 Å². The number of aromatic nitrogens is 1. The van der Waals surface area contributed by atoms with Gasteiger partial charge in [-0.3, -0.25) is 9.78 Å². The van der Waals surface area contributed by atoms with Crippen LogP contribution in [0.1, 0.15) is 52.7 Å². The van der Waals surface area contributed by atoms with E-state index in [1.165, 1.54) is 6.07 Å². The minimum atomic E-state index is -4.61. The number of hydrogen-bond acceptors (Lipinski definition) is 4. The van der Waals surface area contributed by atoms with Crippen molar-refractivity contribution >= 4 is 5.91 Å². The molecular formula is C22H20F3N3O2. The zero-order chi connectivity index (χ0) is 21.3. The molecule has 0 spiro atoms. The van der Waals surface area contributed by atoms with Gasteiger partial charge in [-0.1, -0.05) is 0 Å². The number of halogens is 3. The largest absolute Gasteiger partial charge is 0.490 e. The Morgan fingerprint density at radius 2 is 1.93 bits per heavy atom. The van der Waals surface area contributed by atoms with Gasteiger partial charge in [-0.2, -0.15) is 18.4 Å². The molecule has 1 aliphatic carbocycles. The van der Waals surface area contributed by atoms with E-state index in [4.69, 9.17) is 10.00 Å². The molecule has 0 radical (unpaired) electrons. The lowest BCUT2D eigenvalue weighted by atomic mass is 9.89. The average molecular weight is 415 g/mol. The Balaban J connectivity index is 1.39. The minimum Gasteiger partial charge on any atom is -0.490 e. The first-order valence-corrected chi connectivity index (χ1v) is 9.88. The molecule has 0 N–H and O–H groups in total. The van der Waals surface area contributed by atoms with Crippen molar-refractivity contribution in [2.75, 3.05) is 6.54 Å². The predicted molar refractivity (Wildman–Crippen MR) is 102 cm³/mol. The van der Waals surface area contributed by atoms with Gasteiger partial charge in [0.1, 0.15) is 5.75 Å². The van der Waals surface area contributed by atoms with Crippen molar-refractivity contribution in [1.82, 2.24) is 9.88 Å². The zero-order valence-electron chi connectivity index (χ0n) is 16.2. The molecule has 5 nitrogen and oxygen atoms in total. The molecule has 2 aromatic rings. The highest BCUT2D eigenvalue weighted by Gasteiger charge is 2.35. The van der Waals surface area contributed by atoms with Crippen LogP contribution in [0.2, 0.25) is 0 Å². The molecule has 1 aromatic carbocycles. The molecule has 2 heterocycles. The molecule has 0 atom stereocenters. The summed E-state index contributed by atoms with van der Waals surface area (Å²) in [5.74, 6) is 0.106. The lowest BCUT2D eigenvalue weighted by molar-refractivity contribution is -0.137. The van der Waals surface area contributed by atoms with Gasteiger partial charge in [0.15, 0.2) is 0 Å². The van der Waals surface area contributed by atoms with Gasteiger partial charge in [-0.05, 0) is 61.9 Å². The molecule has 0 unspecified atom stereocenters. The van der Waals surface area contributed by atoms with E-state index in [-0.39, 0.29) is 23.8 Å². The van der Waals surface area contributed by atoms with Gasteiger partial charge in [0.2, 0.25) is 0 Å². The molecule has 2 aliphatic rings. The van der Waals surface area contributed by atoms with E-state index >= 15 is 0 Å². The molecule has 1 aromatic heterocycles. The maximum Gasteiger partial charge on any atom is 0.417 e. The lowest BCUT2D eigenvalue weighted by Crippen LogP contribution is -2.47. The van der Waals surface area contributed by atoms with E-state index in [0.29, 0.717) is 24.9 Å². The van der Waals surface area contributed by atoms with Crippen LogP contribution in [0.3, 0.4) is 0 Å². The number of pyridine rings is 1. The highest BCUT2D eigenvalue weighted by Crippen LogP contribution is 2.35. The van der Waals surface area contributed by atoms with Crippen LogP contribution in [0, 0.1) is 11.3 Å². The van der Waals surface area contributed by atoms with Crippen LogP contribution in [-0.2, 0) is 12.6 Å². The van der Waals surface area contributed by atoms with Gasteiger partial charge in [-0.25, -0.2) is 0 Å². The second kappa shape index (κ2) is 7.98. The fraction of sp³-hybridized carbons (Fsp3) is 0.409. The minimum absolute atomic E-state index is 0.00405. The van der Waals surface area contributed by atoms with Crippen LogP contribution in [0.15, 0.2) is 36.7 Å². The van der Waals surface area contributed by atoms with Crippen molar-refractivity contribution in [3.05, 3.63) is 58.9 Å². The first kappa shape index (κ1) is 20.2. The molecule has 8 heteroatoms. The van der Waals surface area contributed by atoms with Crippen LogP contribution in [0.4, 0.5) is 13.2 Å². The fourth-order valence-electron chi connectivity index (χ4n) is 4.28. The molecule has 156 valence electrons. The third kappa shape index (κ3) is 3.97. The summed E-state index contributed by atoms with van der Waals surface area (Å²) in [6, 6.07) is 6.97. The topological polar surface area (TPSA) is 66.2 Å². The number of carbonyl (C=O) groups is 1. The number of amides is 1. The number of benzene rings is 1. The quantitative estimate of drug-likeness (QED) is 0.747. The molecule has 0 bridgehead atoms. The van der Waals surface area contributed by atoms with Crippen LogP contribution in [0.5, 0.6) is 5.75 Å². The predicted octanol–water partition coefficient (Wildman–Crippen LogP) is 4.36. The molecule has 1 saturated carbocycles. The summed E-state index contributed by atoms with van der Waals surface area (Å²) >= 11 is 0. The third-order valence-corrected chi connectivity index (χ3v) is 5.83. The van der Waals surface area contributed by atoms with E-state index in [1.807, 2.05) is 11.0 Å².